The van der Waals surface area contributed by atoms with Crippen LogP contribution in [0.2, 0.25) is 0 Å². The predicted molar refractivity (Wildman–Crippen MR) is 111 cm³/mol. The standard InChI is InChI=1S/C20H26N6OS/c1-12(2)17(21-20-22-18-13(3)7-5-8-14(18)28-20)19(27)25(4)11-16-24-23-15-9-6-10-26(15)16/h5,7-8,12,17H,6,9-11H2,1-4H3,(H,21,22). The number of fused-ring (bicyclic) bond motifs is 2. The number of benzene rings is 1. The first-order valence-electron chi connectivity index (χ1n) is 9.72. The molecular weight excluding hydrogens is 372 g/mol. The van der Waals surface area contributed by atoms with E-state index >= 15 is 0 Å². The molecule has 1 N–H and O–H groups in total. The minimum atomic E-state index is -0.341. The van der Waals surface area contributed by atoms with Gasteiger partial charge in [-0.1, -0.05) is 37.3 Å². The molecule has 0 aliphatic carbocycles. The molecule has 0 saturated heterocycles. The van der Waals surface area contributed by atoms with Gasteiger partial charge in [0.1, 0.15) is 11.9 Å². The molecule has 8 heteroatoms. The number of para-hydroxylation sites is 1. The van der Waals surface area contributed by atoms with E-state index in [2.05, 4.69) is 53.0 Å². The van der Waals surface area contributed by atoms with Crippen LogP contribution in [0.5, 0.6) is 0 Å². The number of amides is 1. The highest BCUT2D eigenvalue weighted by Crippen LogP contribution is 2.29. The largest absolute Gasteiger partial charge is 0.349 e. The lowest BCUT2D eigenvalue weighted by Crippen LogP contribution is -2.44. The van der Waals surface area contributed by atoms with E-state index < -0.39 is 0 Å². The van der Waals surface area contributed by atoms with Gasteiger partial charge in [-0.15, -0.1) is 10.2 Å². The van der Waals surface area contributed by atoms with Gasteiger partial charge in [0, 0.05) is 20.0 Å². The first-order valence-corrected chi connectivity index (χ1v) is 10.5. The normalized spacial score (nSPS) is 14.5. The monoisotopic (exact) mass is 398 g/mol. The fraction of sp³-hybridized carbons (Fsp3) is 0.500. The van der Waals surface area contributed by atoms with Gasteiger partial charge < -0.3 is 14.8 Å². The van der Waals surface area contributed by atoms with E-state index in [1.165, 1.54) is 0 Å². The van der Waals surface area contributed by atoms with Crippen molar-refractivity contribution in [2.75, 3.05) is 12.4 Å². The first-order chi connectivity index (χ1) is 13.4. The maximum absolute atomic E-state index is 13.2. The molecule has 0 spiro atoms. The molecule has 0 radical (unpaired) electrons. The summed E-state index contributed by atoms with van der Waals surface area (Å²) in [6.07, 6.45) is 2.07. The molecule has 1 amide bonds. The third kappa shape index (κ3) is 3.48. The van der Waals surface area contributed by atoms with Crippen LogP contribution in [-0.4, -0.2) is 43.6 Å². The minimum absolute atomic E-state index is 0.0429. The number of hydrogen-bond acceptors (Lipinski definition) is 6. The van der Waals surface area contributed by atoms with Gasteiger partial charge in [-0.05, 0) is 30.9 Å². The molecule has 28 heavy (non-hydrogen) atoms. The summed E-state index contributed by atoms with van der Waals surface area (Å²) in [5.74, 6) is 2.06. The molecule has 7 nitrogen and oxygen atoms in total. The zero-order chi connectivity index (χ0) is 19.8. The van der Waals surface area contributed by atoms with Gasteiger partial charge in [0.2, 0.25) is 5.91 Å². The second-order valence-electron chi connectivity index (χ2n) is 7.79. The summed E-state index contributed by atoms with van der Waals surface area (Å²) < 4.78 is 3.27. The molecule has 1 aliphatic heterocycles. The summed E-state index contributed by atoms with van der Waals surface area (Å²) in [5, 5.41) is 12.7. The van der Waals surface area contributed by atoms with Crippen LogP contribution < -0.4 is 5.32 Å². The molecule has 0 saturated carbocycles. The highest BCUT2D eigenvalue weighted by atomic mass is 32.1. The van der Waals surface area contributed by atoms with Gasteiger partial charge in [0.05, 0.1) is 16.8 Å². The summed E-state index contributed by atoms with van der Waals surface area (Å²) in [7, 11) is 1.83. The predicted octanol–water partition coefficient (Wildman–Crippen LogP) is 3.24. The molecule has 3 heterocycles. The summed E-state index contributed by atoms with van der Waals surface area (Å²) >= 11 is 1.59. The van der Waals surface area contributed by atoms with Gasteiger partial charge in [0.25, 0.3) is 0 Å². The Labute approximate surface area is 168 Å². The number of carbonyl (C=O) groups excluding carboxylic acids is 1. The van der Waals surface area contributed by atoms with Crippen LogP contribution in [0.3, 0.4) is 0 Å². The number of nitrogens with zero attached hydrogens (tertiary/aromatic N) is 5. The second-order valence-corrected chi connectivity index (χ2v) is 8.82. The van der Waals surface area contributed by atoms with Crippen LogP contribution >= 0.6 is 11.3 Å². The zero-order valence-corrected chi connectivity index (χ0v) is 17.6. The molecule has 1 aliphatic rings. The quantitative estimate of drug-likeness (QED) is 0.690. The number of aromatic nitrogens is 4. The van der Waals surface area contributed by atoms with Crippen molar-refractivity contribution in [2.45, 2.75) is 52.7 Å². The molecule has 1 atom stereocenters. The van der Waals surface area contributed by atoms with Crippen molar-refractivity contribution in [3.05, 3.63) is 35.4 Å². The Morgan fingerprint density at radius 3 is 2.93 bits per heavy atom. The molecule has 1 unspecified atom stereocenters. The number of aryl methyl sites for hydroxylation is 2. The first kappa shape index (κ1) is 18.9. The summed E-state index contributed by atoms with van der Waals surface area (Å²) in [4.78, 5) is 19.6. The molecule has 4 rings (SSSR count). The number of rotatable bonds is 6. The van der Waals surface area contributed by atoms with Gasteiger partial charge in [-0.25, -0.2) is 4.98 Å². The maximum atomic E-state index is 13.2. The van der Waals surface area contributed by atoms with E-state index in [0.29, 0.717) is 6.54 Å². The van der Waals surface area contributed by atoms with Crippen molar-refractivity contribution in [1.82, 2.24) is 24.6 Å². The highest BCUT2D eigenvalue weighted by Gasteiger charge is 2.28. The van der Waals surface area contributed by atoms with Crippen LogP contribution in [0.15, 0.2) is 18.2 Å². The SMILES string of the molecule is Cc1cccc2sc(NC(C(=O)N(C)Cc3nnc4n3CCC4)C(C)C)nc12. The van der Waals surface area contributed by atoms with Crippen molar-refractivity contribution in [1.29, 1.82) is 0 Å². The lowest BCUT2D eigenvalue weighted by molar-refractivity contribution is -0.132. The molecule has 2 aromatic heterocycles. The number of nitrogens with one attached hydrogen (secondary N) is 1. The van der Waals surface area contributed by atoms with Gasteiger partial charge >= 0.3 is 0 Å². The van der Waals surface area contributed by atoms with Gasteiger partial charge in [-0.2, -0.15) is 0 Å². The number of carbonyl (C=O) groups is 1. The Morgan fingerprint density at radius 2 is 2.18 bits per heavy atom. The van der Waals surface area contributed by atoms with E-state index in [-0.39, 0.29) is 17.9 Å². The van der Waals surface area contributed by atoms with Crippen LogP contribution in [0, 0.1) is 12.8 Å². The Kier molecular flexibility index (Phi) is 5.05. The van der Waals surface area contributed by atoms with Gasteiger partial charge in [-0.3, -0.25) is 4.79 Å². The molecule has 0 fully saturated rings. The minimum Gasteiger partial charge on any atom is -0.349 e. The summed E-state index contributed by atoms with van der Waals surface area (Å²) in [6, 6.07) is 5.82. The number of anilines is 1. The summed E-state index contributed by atoms with van der Waals surface area (Å²) in [6.45, 7) is 7.57. The smallest absolute Gasteiger partial charge is 0.245 e. The fourth-order valence-corrected chi connectivity index (χ4v) is 4.63. The van der Waals surface area contributed by atoms with Gasteiger partial charge in [0.15, 0.2) is 11.0 Å². The van der Waals surface area contributed by atoms with E-state index in [1.807, 2.05) is 13.1 Å². The van der Waals surface area contributed by atoms with E-state index in [1.54, 1.807) is 16.2 Å². The van der Waals surface area contributed by atoms with Crippen molar-refractivity contribution >= 4 is 32.6 Å². The van der Waals surface area contributed by atoms with Crippen LogP contribution in [-0.2, 0) is 24.3 Å². The molecule has 1 aromatic carbocycles. The Balaban J connectivity index is 1.51. The lowest BCUT2D eigenvalue weighted by Gasteiger charge is -2.26. The Bertz CT molecular complexity index is 1010. The van der Waals surface area contributed by atoms with E-state index in [4.69, 9.17) is 4.98 Å². The lowest BCUT2D eigenvalue weighted by atomic mass is 10.0. The highest BCUT2D eigenvalue weighted by molar-refractivity contribution is 7.22. The average Bonchev–Trinajstić information content (AvgIpc) is 3.36. The van der Waals surface area contributed by atoms with Crippen LogP contribution in [0.1, 0.15) is 37.5 Å². The number of thiazole rings is 1. The average molecular weight is 399 g/mol. The molecular formula is C20H26N6OS. The van der Waals surface area contributed by atoms with Crippen LogP contribution in [0.25, 0.3) is 10.2 Å². The van der Waals surface area contributed by atoms with Crippen molar-refractivity contribution in [2.24, 2.45) is 5.92 Å². The third-order valence-electron chi connectivity index (χ3n) is 5.27. The number of likely N-dealkylation sites (N-methyl/N-ethyl adjacent to an activating group) is 1. The fourth-order valence-electron chi connectivity index (χ4n) is 3.65. The second kappa shape index (κ2) is 7.50. The molecule has 3 aromatic rings. The molecule has 148 valence electrons. The Hall–Kier alpha value is -2.48. The van der Waals surface area contributed by atoms with E-state index in [0.717, 1.165) is 51.9 Å². The topological polar surface area (TPSA) is 75.9 Å². The van der Waals surface area contributed by atoms with Crippen molar-refractivity contribution < 1.29 is 4.79 Å². The molecule has 0 bridgehead atoms. The zero-order valence-electron chi connectivity index (χ0n) is 16.8. The third-order valence-corrected chi connectivity index (χ3v) is 6.23. The van der Waals surface area contributed by atoms with E-state index in [9.17, 15) is 4.79 Å². The summed E-state index contributed by atoms with van der Waals surface area (Å²) in [5.41, 5.74) is 2.14. The van der Waals surface area contributed by atoms with Crippen molar-refractivity contribution in [3.8, 4) is 0 Å². The number of hydrogen-bond donors (Lipinski definition) is 1. The van der Waals surface area contributed by atoms with Crippen molar-refractivity contribution in [3.63, 3.8) is 0 Å². The van der Waals surface area contributed by atoms with Crippen LogP contribution in [0.4, 0.5) is 5.13 Å². The Morgan fingerprint density at radius 1 is 1.36 bits per heavy atom. The maximum Gasteiger partial charge on any atom is 0.245 e.